The van der Waals surface area contributed by atoms with E-state index in [2.05, 4.69) is 30.8 Å². The number of sulfonamides is 1. The highest BCUT2D eigenvalue weighted by Crippen LogP contribution is 2.33. The molecule has 1 heterocycles. The fraction of sp³-hybridized carbons (Fsp3) is 0.111. The second kappa shape index (κ2) is 5.31. The Bertz CT molecular complexity index is 688. The van der Waals surface area contributed by atoms with Gasteiger partial charge in [-0.25, -0.2) is 8.42 Å². The standard InChI is InChI=1S/C9H9BrN4O3S2/c1-17-7-2-5(10)6(11)3-8(7)19(15,16)14-9-13-12-4-18-9/h2-4H,11H2,1H3,(H,13,14). The van der Waals surface area contributed by atoms with E-state index in [4.69, 9.17) is 10.5 Å². The van der Waals surface area contributed by atoms with Crippen LogP contribution in [0.25, 0.3) is 0 Å². The van der Waals surface area contributed by atoms with Gasteiger partial charge in [0, 0.05) is 10.2 Å². The molecular formula is C9H9BrN4O3S2. The van der Waals surface area contributed by atoms with Gasteiger partial charge in [0.1, 0.15) is 16.2 Å². The Balaban J connectivity index is 2.48. The minimum atomic E-state index is -3.83. The molecule has 0 aliphatic rings. The number of aromatic nitrogens is 2. The first-order chi connectivity index (χ1) is 8.94. The summed E-state index contributed by atoms with van der Waals surface area (Å²) < 4.78 is 32.3. The molecule has 7 nitrogen and oxygen atoms in total. The number of anilines is 2. The summed E-state index contributed by atoms with van der Waals surface area (Å²) in [6, 6.07) is 2.80. The lowest BCUT2D eigenvalue weighted by Crippen LogP contribution is -2.14. The molecule has 0 atom stereocenters. The van der Waals surface area contributed by atoms with Crippen LogP contribution in [0.3, 0.4) is 0 Å². The first kappa shape index (κ1) is 14.0. The summed E-state index contributed by atoms with van der Waals surface area (Å²) in [5.41, 5.74) is 7.41. The van der Waals surface area contributed by atoms with Gasteiger partial charge < -0.3 is 10.5 Å². The van der Waals surface area contributed by atoms with Gasteiger partial charge in [0.25, 0.3) is 10.0 Å². The molecular weight excluding hydrogens is 356 g/mol. The van der Waals surface area contributed by atoms with Crippen LogP contribution in [-0.4, -0.2) is 25.7 Å². The molecule has 10 heteroatoms. The van der Waals surface area contributed by atoms with E-state index >= 15 is 0 Å². The lowest BCUT2D eigenvalue weighted by Gasteiger charge is -2.11. The minimum Gasteiger partial charge on any atom is -0.495 e. The Morgan fingerprint density at radius 1 is 1.47 bits per heavy atom. The van der Waals surface area contributed by atoms with Crippen LogP contribution in [0.5, 0.6) is 5.75 Å². The lowest BCUT2D eigenvalue weighted by molar-refractivity contribution is 0.402. The molecule has 0 amide bonds. The zero-order valence-electron chi connectivity index (χ0n) is 9.62. The monoisotopic (exact) mass is 364 g/mol. The fourth-order valence-electron chi connectivity index (χ4n) is 1.31. The second-order valence-corrected chi connectivity index (χ2v) is 6.71. The summed E-state index contributed by atoms with van der Waals surface area (Å²) in [5, 5.41) is 7.34. The highest BCUT2D eigenvalue weighted by atomic mass is 79.9. The van der Waals surface area contributed by atoms with Crippen LogP contribution in [0.1, 0.15) is 0 Å². The van der Waals surface area contributed by atoms with E-state index in [1.807, 2.05) is 0 Å². The smallest absolute Gasteiger partial charge is 0.267 e. The van der Waals surface area contributed by atoms with E-state index in [1.54, 1.807) is 0 Å². The van der Waals surface area contributed by atoms with Gasteiger partial charge in [-0.05, 0) is 28.1 Å². The predicted molar refractivity (Wildman–Crippen MR) is 75.8 cm³/mol. The molecule has 0 radical (unpaired) electrons. The first-order valence-electron chi connectivity index (χ1n) is 4.86. The molecule has 0 saturated heterocycles. The van der Waals surface area contributed by atoms with Crippen molar-refractivity contribution >= 4 is 48.1 Å². The Hall–Kier alpha value is -1.39. The molecule has 2 rings (SSSR count). The summed E-state index contributed by atoms with van der Waals surface area (Å²) in [7, 11) is -2.46. The number of benzene rings is 1. The largest absolute Gasteiger partial charge is 0.495 e. The van der Waals surface area contributed by atoms with Crippen molar-refractivity contribution in [1.29, 1.82) is 0 Å². The Morgan fingerprint density at radius 3 is 2.79 bits per heavy atom. The molecule has 1 aromatic heterocycles. The number of halogens is 1. The predicted octanol–water partition coefficient (Wildman–Crippen LogP) is 1.69. The van der Waals surface area contributed by atoms with Gasteiger partial charge in [0.2, 0.25) is 5.13 Å². The third-order valence-electron chi connectivity index (χ3n) is 2.15. The maximum absolute atomic E-state index is 12.2. The van der Waals surface area contributed by atoms with Crippen LogP contribution in [0.4, 0.5) is 10.8 Å². The van der Waals surface area contributed by atoms with Gasteiger partial charge in [0.15, 0.2) is 0 Å². The normalized spacial score (nSPS) is 11.3. The summed E-state index contributed by atoms with van der Waals surface area (Å²) in [6.45, 7) is 0. The summed E-state index contributed by atoms with van der Waals surface area (Å²) >= 11 is 4.28. The van der Waals surface area contributed by atoms with Crippen molar-refractivity contribution in [3.63, 3.8) is 0 Å². The number of nitrogens with one attached hydrogen (secondary N) is 1. The lowest BCUT2D eigenvalue weighted by atomic mass is 10.3. The maximum Gasteiger partial charge on any atom is 0.267 e. The van der Waals surface area contributed by atoms with Crippen molar-refractivity contribution < 1.29 is 13.2 Å². The number of nitrogens with zero attached hydrogens (tertiary/aromatic N) is 2. The number of nitrogens with two attached hydrogens (primary N) is 1. The van der Waals surface area contributed by atoms with Crippen LogP contribution >= 0.6 is 27.3 Å². The zero-order valence-corrected chi connectivity index (χ0v) is 12.8. The van der Waals surface area contributed by atoms with Gasteiger partial charge >= 0.3 is 0 Å². The average Bonchev–Trinajstić information content (AvgIpc) is 2.84. The van der Waals surface area contributed by atoms with E-state index in [0.29, 0.717) is 10.2 Å². The number of methoxy groups -OCH3 is 1. The number of nitrogen functional groups attached to an aromatic ring is 1. The summed E-state index contributed by atoms with van der Waals surface area (Å²) in [6.07, 6.45) is 0. The maximum atomic E-state index is 12.2. The van der Waals surface area contributed by atoms with Crippen molar-refractivity contribution in [2.45, 2.75) is 4.90 Å². The van der Waals surface area contributed by atoms with Crippen LogP contribution in [-0.2, 0) is 10.0 Å². The highest BCUT2D eigenvalue weighted by Gasteiger charge is 2.22. The molecule has 0 unspecified atom stereocenters. The van der Waals surface area contributed by atoms with Gasteiger partial charge in [-0.3, -0.25) is 4.72 Å². The third kappa shape index (κ3) is 2.96. The van der Waals surface area contributed by atoms with Crippen molar-refractivity contribution in [2.24, 2.45) is 0 Å². The van der Waals surface area contributed by atoms with Gasteiger partial charge in [0.05, 0.1) is 7.11 Å². The molecule has 2 aromatic rings. The van der Waals surface area contributed by atoms with Crippen molar-refractivity contribution in [3.05, 3.63) is 22.1 Å². The van der Waals surface area contributed by atoms with Gasteiger partial charge in [-0.2, -0.15) is 0 Å². The molecule has 1 aromatic carbocycles. The molecule has 0 aliphatic carbocycles. The number of hydrogen-bond acceptors (Lipinski definition) is 7. The topological polar surface area (TPSA) is 107 Å². The molecule has 0 bridgehead atoms. The van der Waals surface area contributed by atoms with E-state index in [-0.39, 0.29) is 15.8 Å². The van der Waals surface area contributed by atoms with E-state index in [1.165, 1.54) is 24.8 Å². The summed E-state index contributed by atoms with van der Waals surface area (Å²) in [5.74, 6) is 0.179. The molecule has 0 spiro atoms. The second-order valence-electron chi connectivity index (χ2n) is 3.37. The number of hydrogen-bond donors (Lipinski definition) is 2. The molecule has 3 N–H and O–H groups in total. The molecule has 102 valence electrons. The SMILES string of the molecule is COc1cc(Br)c(N)cc1S(=O)(=O)Nc1nncs1. The third-order valence-corrected chi connectivity index (χ3v) is 4.94. The van der Waals surface area contributed by atoms with Gasteiger partial charge in [-0.1, -0.05) is 11.3 Å². The van der Waals surface area contributed by atoms with Crippen LogP contribution in [0.15, 0.2) is 27.0 Å². The van der Waals surface area contributed by atoms with Crippen molar-refractivity contribution in [3.8, 4) is 5.75 Å². The molecule has 0 saturated carbocycles. The van der Waals surface area contributed by atoms with Crippen LogP contribution in [0.2, 0.25) is 0 Å². The zero-order chi connectivity index (χ0) is 14.0. The number of rotatable bonds is 4. The Kier molecular flexibility index (Phi) is 3.92. The quantitative estimate of drug-likeness (QED) is 0.799. The van der Waals surface area contributed by atoms with Crippen molar-refractivity contribution in [1.82, 2.24) is 10.2 Å². The molecule has 0 fully saturated rings. The van der Waals surface area contributed by atoms with Gasteiger partial charge in [-0.15, -0.1) is 10.2 Å². The average molecular weight is 365 g/mol. The van der Waals surface area contributed by atoms with Crippen LogP contribution < -0.4 is 15.2 Å². The summed E-state index contributed by atoms with van der Waals surface area (Å²) in [4.78, 5) is -0.0640. The van der Waals surface area contributed by atoms with Crippen molar-refractivity contribution in [2.75, 3.05) is 17.6 Å². The van der Waals surface area contributed by atoms with Crippen LogP contribution in [0, 0.1) is 0 Å². The first-order valence-corrected chi connectivity index (χ1v) is 8.01. The Morgan fingerprint density at radius 2 is 2.21 bits per heavy atom. The molecule has 0 aliphatic heterocycles. The minimum absolute atomic E-state index is 0.0640. The molecule has 19 heavy (non-hydrogen) atoms. The van der Waals surface area contributed by atoms with E-state index in [9.17, 15) is 8.42 Å². The fourth-order valence-corrected chi connectivity index (χ4v) is 3.51. The van der Waals surface area contributed by atoms with E-state index in [0.717, 1.165) is 11.3 Å². The Labute approximate surface area is 122 Å². The number of ether oxygens (including phenoxy) is 1. The highest BCUT2D eigenvalue weighted by molar-refractivity contribution is 9.10. The van der Waals surface area contributed by atoms with E-state index < -0.39 is 10.0 Å².